The Bertz CT molecular complexity index is 673. The summed E-state index contributed by atoms with van der Waals surface area (Å²) < 4.78 is 12.8. The summed E-state index contributed by atoms with van der Waals surface area (Å²) in [5.41, 5.74) is 6.84. The van der Waals surface area contributed by atoms with Gasteiger partial charge >= 0.3 is 0 Å². The summed E-state index contributed by atoms with van der Waals surface area (Å²) >= 11 is 10.9. The summed E-state index contributed by atoms with van der Waals surface area (Å²) in [7, 11) is 0. The highest BCUT2D eigenvalue weighted by Gasteiger charge is 2.10. The van der Waals surface area contributed by atoms with Crippen molar-refractivity contribution in [3.63, 3.8) is 0 Å². The lowest BCUT2D eigenvalue weighted by Crippen LogP contribution is -2.14. The molecule has 2 aromatic rings. The van der Waals surface area contributed by atoms with Gasteiger partial charge in [0.1, 0.15) is 10.8 Å². The molecule has 0 aliphatic rings. The number of hydrogen-bond donors (Lipinski definition) is 2. The van der Waals surface area contributed by atoms with Crippen LogP contribution in [0.5, 0.6) is 0 Å². The maximum atomic E-state index is 12.8. The highest BCUT2D eigenvalue weighted by atomic mass is 35.5. The Labute approximate surface area is 125 Å². The summed E-state index contributed by atoms with van der Waals surface area (Å²) in [5, 5.41) is 2.99. The summed E-state index contributed by atoms with van der Waals surface area (Å²) in [6, 6.07) is 10.0. The maximum absolute atomic E-state index is 12.8. The number of hydrogen-bond acceptors (Lipinski definition) is 2. The number of anilines is 1. The lowest BCUT2D eigenvalue weighted by molar-refractivity contribution is 0.102. The zero-order valence-corrected chi connectivity index (χ0v) is 11.8. The minimum Gasteiger partial charge on any atom is -0.389 e. The maximum Gasteiger partial charge on any atom is 0.255 e. The number of carbonyl (C=O) groups excluding carboxylic acids is 1. The molecule has 2 rings (SSSR count). The first-order valence-electron chi connectivity index (χ1n) is 5.63. The lowest BCUT2D eigenvalue weighted by atomic mass is 10.1. The Kier molecular flexibility index (Phi) is 4.32. The van der Waals surface area contributed by atoms with E-state index >= 15 is 0 Å². The Morgan fingerprint density at radius 3 is 2.35 bits per heavy atom. The number of halogens is 2. The standard InChI is InChI=1S/C14H10ClFN2OS/c15-11-6-3-9(13(17)20)7-12(11)18-14(19)8-1-4-10(16)5-2-8/h1-7H,(H2,17,20)(H,18,19). The van der Waals surface area contributed by atoms with Crippen molar-refractivity contribution in [3.8, 4) is 0 Å². The first-order chi connectivity index (χ1) is 9.47. The average molecular weight is 309 g/mol. The predicted molar refractivity (Wildman–Crippen MR) is 81.7 cm³/mol. The third-order valence-corrected chi connectivity index (χ3v) is 3.17. The van der Waals surface area contributed by atoms with E-state index in [0.717, 1.165) is 0 Å². The van der Waals surface area contributed by atoms with Gasteiger partial charge < -0.3 is 11.1 Å². The molecule has 0 fully saturated rings. The topological polar surface area (TPSA) is 55.1 Å². The third kappa shape index (κ3) is 3.31. The molecule has 0 spiro atoms. The second kappa shape index (κ2) is 5.98. The number of nitrogens with one attached hydrogen (secondary N) is 1. The van der Waals surface area contributed by atoms with Gasteiger partial charge in [0.05, 0.1) is 10.7 Å². The van der Waals surface area contributed by atoms with E-state index in [1.165, 1.54) is 24.3 Å². The van der Waals surface area contributed by atoms with Crippen LogP contribution in [-0.4, -0.2) is 10.9 Å². The number of benzene rings is 2. The Morgan fingerprint density at radius 2 is 1.75 bits per heavy atom. The van der Waals surface area contributed by atoms with E-state index in [1.54, 1.807) is 18.2 Å². The molecule has 0 aromatic heterocycles. The van der Waals surface area contributed by atoms with Crippen molar-refractivity contribution >= 4 is 40.4 Å². The predicted octanol–water partition coefficient (Wildman–Crippen LogP) is 3.37. The van der Waals surface area contributed by atoms with Gasteiger partial charge in [0, 0.05) is 11.1 Å². The van der Waals surface area contributed by atoms with E-state index in [2.05, 4.69) is 5.32 Å². The van der Waals surface area contributed by atoms with Gasteiger partial charge in [0.25, 0.3) is 5.91 Å². The Balaban J connectivity index is 2.25. The van der Waals surface area contributed by atoms with Gasteiger partial charge in [-0.05, 0) is 36.4 Å². The summed E-state index contributed by atoms with van der Waals surface area (Å²) in [6.45, 7) is 0. The number of amides is 1. The van der Waals surface area contributed by atoms with Crippen molar-refractivity contribution in [3.05, 3.63) is 64.4 Å². The largest absolute Gasteiger partial charge is 0.389 e. The van der Waals surface area contributed by atoms with Crippen LogP contribution in [0.25, 0.3) is 0 Å². The average Bonchev–Trinajstić information content (AvgIpc) is 2.41. The molecule has 1 amide bonds. The molecule has 102 valence electrons. The minimum absolute atomic E-state index is 0.207. The molecule has 6 heteroatoms. The van der Waals surface area contributed by atoms with E-state index in [9.17, 15) is 9.18 Å². The van der Waals surface area contributed by atoms with Crippen molar-refractivity contribution in [2.45, 2.75) is 0 Å². The molecule has 0 heterocycles. The number of rotatable bonds is 3. The molecular weight excluding hydrogens is 299 g/mol. The van der Waals surface area contributed by atoms with E-state index in [-0.39, 0.29) is 4.99 Å². The second-order valence-electron chi connectivity index (χ2n) is 4.02. The zero-order valence-electron chi connectivity index (χ0n) is 10.2. The Morgan fingerprint density at radius 1 is 1.15 bits per heavy atom. The lowest BCUT2D eigenvalue weighted by Gasteiger charge is -2.09. The van der Waals surface area contributed by atoms with Crippen LogP contribution >= 0.6 is 23.8 Å². The van der Waals surface area contributed by atoms with Gasteiger partial charge in [0.2, 0.25) is 0 Å². The molecule has 0 bridgehead atoms. The van der Waals surface area contributed by atoms with Gasteiger partial charge in [0.15, 0.2) is 0 Å². The van der Waals surface area contributed by atoms with E-state index < -0.39 is 11.7 Å². The molecule has 0 atom stereocenters. The monoisotopic (exact) mass is 308 g/mol. The van der Waals surface area contributed by atoms with E-state index in [4.69, 9.17) is 29.6 Å². The van der Waals surface area contributed by atoms with Crippen molar-refractivity contribution < 1.29 is 9.18 Å². The quantitative estimate of drug-likeness (QED) is 0.855. The molecule has 0 unspecified atom stereocenters. The van der Waals surface area contributed by atoms with Crippen LogP contribution < -0.4 is 11.1 Å². The van der Waals surface area contributed by atoms with E-state index in [1.807, 2.05) is 0 Å². The molecule has 2 aromatic carbocycles. The van der Waals surface area contributed by atoms with E-state index in [0.29, 0.717) is 21.8 Å². The Hall–Kier alpha value is -1.98. The van der Waals surface area contributed by atoms with Crippen molar-refractivity contribution in [2.75, 3.05) is 5.32 Å². The van der Waals surface area contributed by atoms with Crippen LogP contribution in [0.2, 0.25) is 5.02 Å². The molecule has 20 heavy (non-hydrogen) atoms. The fourth-order valence-electron chi connectivity index (χ4n) is 1.57. The molecule has 0 aliphatic heterocycles. The smallest absolute Gasteiger partial charge is 0.255 e. The summed E-state index contributed by atoms with van der Waals surface area (Å²) in [5.74, 6) is -0.804. The van der Waals surface area contributed by atoms with Crippen LogP contribution in [-0.2, 0) is 0 Å². The highest BCUT2D eigenvalue weighted by Crippen LogP contribution is 2.23. The van der Waals surface area contributed by atoms with Gasteiger partial charge in [-0.3, -0.25) is 4.79 Å². The first kappa shape index (κ1) is 14.4. The molecule has 0 aliphatic carbocycles. The third-order valence-electron chi connectivity index (χ3n) is 2.61. The summed E-state index contributed by atoms with van der Waals surface area (Å²) in [6.07, 6.45) is 0. The molecule has 3 nitrogen and oxygen atoms in total. The van der Waals surface area contributed by atoms with Crippen molar-refractivity contribution in [2.24, 2.45) is 5.73 Å². The van der Waals surface area contributed by atoms with Gasteiger partial charge in [-0.2, -0.15) is 0 Å². The fraction of sp³-hybridized carbons (Fsp3) is 0. The van der Waals surface area contributed by atoms with Crippen molar-refractivity contribution in [1.29, 1.82) is 0 Å². The minimum atomic E-state index is -0.407. The molecule has 0 radical (unpaired) electrons. The molecular formula is C14H10ClFN2OS. The van der Waals surface area contributed by atoms with Crippen LogP contribution in [0.3, 0.4) is 0 Å². The number of nitrogens with two attached hydrogens (primary N) is 1. The van der Waals surface area contributed by atoms with Crippen LogP contribution in [0.15, 0.2) is 42.5 Å². The summed E-state index contributed by atoms with van der Waals surface area (Å²) in [4.78, 5) is 12.2. The van der Waals surface area contributed by atoms with Crippen LogP contribution in [0, 0.1) is 5.82 Å². The normalized spacial score (nSPS) is 10.1. The molecule has 0 saturated carbocycles. The highest BCUT2D eigenvalue weighted by molar-refractivity contribution is 7.80. The van der Waals surface area contributed by atoms with Crippen LogP contribution in [0.4, 0.5) is 10.1 Å². The van der Waals surface area contributed by atoms with Gasteiger partial charge in [-0.1, -0.05) is 29.9 Å². The van der Waals surface area contributed by atoms with Crippen molar-refractivity contribution in [1.82, 2.24) is 0 Å². The number of carbonyl (C=O) groups is 1. The molecule has 3 N–H and O–H groups in total. The molecule has 0 saturated heterocycles. The zero-order chi connectivity index (χ0) is 14.7. The van der Waals surface area contributed by atoms with Gasteiger partial charge in [-0.15, -0.1) is 0 Å². The van der Waals surface area contributed by atoms with Gasteiger partial charge in [-0.25, -0.2) is 4.39 Å². The van der Waals surface area contributed by atoms with Crippen LogP contribution in [0.1, 0.15) is 15.9 Å². The number of thiocarbonyl (C=S) groups is 1. The first-order valence-corrected chi connectivity index (χ1v) is 6.42. The SMILES string of the molecule is NC(=S)c1ccc(Cl)c(NC(=O)c2ccc(F)cc2)c1. The second-order valence-corrected chi connectivity index (χ2v) is 4.87. The fourth-order valence-corrected chi connectivity index (χ4v) is 1.86.